The summed E-state index contributed by atoms with van der Waals surface area (Å²) >= 11 is 4.75. The molecule has 0 aliphatic rings. The van der Waals surface area contributed by atoms with Gasteiger partial charge in [0.25, 0.3) is 0 Å². The number of alkyl halides is 3. The van der Waals surface area contributed by atoms with Crippen molar-refractivity contribution in [2.75, 3.05) is 5.32 Å². The highest BCUT2D eigenvalue weighted by Gasteiger charge is 2.27. The number of carbonyl (C=O) groups is 1. The second-order valence-corrected chi connectivity index (χ2v) is 4.05. The van der Waals surface area contributed by atoms with E-state index in [1.807, 2.05) is 0 Å². The third-order valence-corrected chi connectivity index (χ3v) is 2.30. The summed E-state index contributed by atoms with van der Waals surface area (Å²) in [6.07, 6.45) is -6.09. The summed E-state index contributed by atoms with van der Waals surface area (Å²) in [6, 6.07) is 6.31. The van der Waals surface area contributed by atoms with Crippen LogP contribution in [0.2, 0.25) is 0 Å². The Bertz CT molecular complexity index is 460. The number of halogens is 3. The Labute approximate surface area is 107 Å². The van der Waals surface area contributed by atoms with E-state index >= 15 is 0 Å². The average Bonchev–Trinajstić information content (AvgIpc) is 2.26. The largest absolute Gasteiger partial charge is 0.389 e. The van der Waals surface area contributed by atoms with Crippen LogP contribution in [0.4, 0.5) is 18.9 Å². The lowest BCUT2D eigenvalue weighted by Crippen LogP contribution is -2.17. The summed E-state index contributed by atoms with van der Waals surface area (Å²) in [5, 5.41) is 2.36. The summed E-state index contributed by atoms with van der Waals surface area (Å²) in [5.41, 5.74) is 6.31. The predicted molar refractivity (Wildman–Crippen MR) is 66.2 cm³/mol. The van der Waals surface area contributed by atoms with Crippen LogP contribution >= 0.6 is 12.2 Å². The molecule has 1 amide bonds. The second-order valence-electron chi connectivity index (χ2n) is 3.61. The van der Waals surface area contributed by atoms with Gasteiger partial charge in [0.05, 0.1) is 6.42 Å². The molecule has 0 heterocycles. The van der Waals surface area contributed by atoms with Crippen LogP contribution in [-0.2, 0) is 4.79 Å². The standard InChI is InChI=1S/C11H11F3N2OS/c12-11(13,14)5-4-9(17)16-8-3-1-2-7(6-8)10(15)18/h1-3,6H,4-5H2,(H2,15,18)(H,16,17). The summed E-state index contributed by atoms with van der Waals surface area (Å²) in [4.78, 5) is 11.4. The summed E-state index contributed by atoms with van der Waals surface area (Å²) in [5.74, 6) is -0.701. The fraction of sp³-hybridized carbons (Fsp3) is 0.273. The van der Waals surface area contributed by atoms with Crippen LogP contribution in [0.3, 0.4) is 0 Å². The van der Waals surface area contributed by atoms with Crippen LogP contribution in [-0.4, -0.2) is 17.1 Å². The Balaban J connectivity index is 2.59. The molecule has 3 nitrogen and oxygen atoms in total. The Morgan fingerprint density at radius 3 is 2.61 bits per heavy atom. The van der Waals surface area contributed by atoms with Gasteiger partial charge in [-0.25, -0.2) is 0 Å². The molecule has 1 aromatic carbocycles. The SMILES string of the molecule is NC(=S)c1cccc(NC(=O)CCC(F)(F)F)c1. The Morgan fingerprint density at radius 1 is 1.39 bits per heavy atom. The molecule has 98 valence electrons. The first-order chi connectivity index (χ1) is 8.28. The molecule has 0 radical (unpaired) electrons. The van der Waals surface area contributed by atoms with E-state index in [9.17, 15) is 18.0 Å². The molecule has 0 saturated carbocycles. The van der Waals surface area contributed by atoms with E-state index in [0.717, 1.165) is 0 Å². The van der Waals surface area contributed by atoms with Crippen molar-refractivity contribution in [1.29, 1.82) is 0 Å². The zero-order valence-electron chi connectivity index (χ0n) is 9.25. The zero-order chi connectivity index (χ0) is 13.8. The van der Waals surface area contributed by atoms with Gasteiger partial charge in [-0.15, -0.1) is 0 Å². The van der Waals surface area contributed by atoms with E-state index in [4.69, 9.17) is 18.0 Å². The highest BCUT2D eigenvalue weighted by Crippen LogP contribution is 2.21. The summed E-state index contributed by atoms with van der Waals surface area (Å²) < 4.78 is 35.7. The number of carbonyl (C=O) groups excluding carboxylic acids is 1. The van der Waals surface area contributed by atoms with E-state index in [2.05, 4.69) is 5.32 Å². The number of rotatable bonds is 4. The summed E-state index contributed by atoms with van der Waals surface area (Å²) in [6.45, 7) is 0. The fourth-order valence-corrected chi connectivity index (χ4v) is 1.36. The predicted octanol–water partition coefficient (Wildman–Crippen LogP) is 2.60. The van der Waals surface area contributed by atoms with Gasteiger partial charge in [0.15, 0.2) is 0 Å². The molecule has 0 bridgehead atoms. The van der Waals surface area contributed by atoms with E-state index in [1.54, 1.807) is 18.2 Å². The first-order valence-corrected chi connectivity index (χ1v) is 5.45. The average molecular weight is 276 g/mol. The van der Waals surface area contributed by atoms with Gasteiger partial charge < -0.3 is 11.1 Å². The van der Waals surface area contributed by atoms with Crippen molar-refractivity contribution in [2.45, 2.75) is 19.0 Å². The van der Waals surface area contributed by atoms with Gasteiger partial charge in [-0.1, -0.05) is 24.4 Å². The van der Waals surface area contributed by atoms with Crippen molar-refractivity contribution in [2.24, 2.45) is 5.73 Å². The highest BCUT2D eigenvalue weighted by molar-refractivity contribution is 7.80. The zero-order valence-corrected chi connectivity index (χ0v) is 10.1. The molecule has 0 spiro atoms. The lowest BCUT2D eigenvalue weighted by atomic mass is 10.2. The van der Waals surface area contributed by atoms with Gasteiger partial charge in [0.1, 0.15) is 4.99 Å². The first kappa shape index (κ1) is 14.4. The normalized spacial score (nSPS) is 11.1. The van der Waals surface area contributed by atoms with Crippen LogP contribution < -0.4 is 11.1 Å². The molecular weight excluding hydrogens is 265 g/mol. The Morgan fingerprint density at radius 2 is 2.06 bits per heavy atom. The monoisotopic (exact) mass is 276 g/mol. The van der Waals surface area contributed by atoms with Crippen LogP contribution in [0.1, 0.15) is 18.4 Å². The van der Waals surface area contributed by atoms with Gasteiger partial charge in [0.2, 0.25) is 5.91 Å². The molecule has 1 rings (SSSR count). The van der Waals surface area contributed by atoms with Crippen molar-refractivity contribution < 1.29 is 18.0 Å². The molecule has 0 fully saturated rings. The topological polar surface area (TPSA) is 55.1 Å². The number of hydrogen-bond donors (Lipinski definition) is 2. The lowest BCUT2D eigenvalue weighted by Gasteiger charge is -2.08. The Hall–Kier alpha value is -1.63. The van der Waals surface area contributed by atoms with Gasteiger partial charge in [-0.2, -0.15) is 13.2 Å². The number of benzene rings is 1. The minimum atomic E-state index is -4.34. The molecule has 3 N–H and O–H groups in total. The highest BCUT2D eigenvalue weighted by atomic mass is 32.1. The van der Waals surface area contributed by atoms with E-state index < -0.39 is 24.9 Å². The fourth-order valence-electron chi connectivity index (χ4n) is 1.23. The maximum atomic E-state index is 11.9. The molecule has 0 aliphatic carbocycles. The molecule has 0 atom stereocenters. The minimum absolute atomic E-state index is 0.154. The maximum absolute atomic E-state index is 11.9. The smallest absolute Gasteiger partial charge is 0.389 e. The van der Waals surface area contributed by atoms with E-state index in [-0.39, 0.29) is 4.99 Å². The third kappa shape index (κ3) is 5.13. The van der Waals surface area contributed by atoms with E-state index in [0.29, 0.717) is 11.3 Å². The van der Waals surface area contributed by atoms with Gasteiger partial charge in [-0.3, -0.25) is 4.79 Å². The van der Waals surface area contributed by atoms with Crippen molar-refractivity contribution in [3.05, 3.63) is 29.8 Å². The van der Waals surface area contributed by atoms with Crippen molar-refractivity contribution in [3.63, 3.8) is 0 Å². The number of anilines is 1. The molecular formula is C11H11F3N2OS. The van der Waals surface area contributed by atoms with Crippen molar-refractivity contribution >= 4 is 28.8 Å². The quantitative estimate of drug-likeness (QED) is 0.831. The van der Waals surface area contributed by atoms with Crippen molar-refractivity contribution in [1.82, 2.24) is 0 Å². The van der Waals surface area contributed by atoms with Gasteiger partial charge >= 0.3 is 6.18 Å². The first-order valence-electron chi connectivity index (χ1n) is 5.04. The number of thiocarbonyl (C=S) groups is 1. The molecule has 0 aromatic heterocycles. The molecule has 1 aromatic rings. The Kier molecular flexibility index (Phi) is 4.66. The van der Waals surface area contributed by atoms with Crippen LogP contribution in [0.5, 0.6) is 0 Å². The number of hydrogen-bond acceptors (Lipinski definition) is 2. The molecule has 0 unspecified atom stereocenters. The van der Waals surface area contributed by atoms with Crippen LogP contribution in [0, 0.1) is 0 Å². The van der Waals surface area contributed by atoms with Crippen molar-refractivity contribution in [3.8, 4) is 0 Å². The molecule has 7 heteroatoms. The van der Waals surface area contributed by atoms with Crippen LogP contribution in [0.15, 0.2) is 24.3 Å². The maximum Gasteiger partial charge on any atom is 0.389 e. The van der Waals surface area contributed by atoms with E-state index in [1.165, 1.54) is 6.07 Å². The van der Waals surface area contributed by atoms with Gasteiger partial charge in [0, 0.05) is 17.7 Å². The number of amides is 1. The molecule has 18 heavy (non-hydrogen) atoms. The summed E-state index contributed by atoms with van der Waals surface area (Å²) in [7, 11) is 0. The minimum Gasteiger partial charge on any atom is -0.389 e. The van der Waals surface area contributed by atoms with Crippen LogP contribution in [0.25, 0.3) is 0 Å². The van der Waals surface area contributed by atoms with Gasteiger partial charge in [-0.05, 0) is 12.1 Å². The second kappa shape index (κ2) is 5.81. The number of nitrogens with one attached hydrogen (secondary N) is 1. The molecule has 0 aliphatic heterocycles. The molecule has 0 saturated heterocycles. The number of nitrogens with two attached hydrogens (primary N) is 1. The third-order valence-electron chi connectivity index (χ3n) is 2.07. The lowest BCUT2D eigenvalue weighted by molar-refractivity contribution is -0.142.